The van der Waals surface area contributed by atoms with E-state index in [1.807, 2.05) is 24.3 Å². The molecule has 1 aromatic carbocycles. The van der Waals surface area contributed by atoms with Crippen LogP contribution in [0.4, 0.5) is 6.01 Å². The molecule has 2 rings (SSSR count). The topological polar surface area (TPSA) is 55.3 Å². The Kier molecular flexibility index (Phi) is 2.57. The summed E-state index contributed by atoms with van der Waals surface area (Å²) in [4.78, 5) is 4.23. The molecule has 0 unspecified atom stereocenters. The third-order valence-corrected chi connectivity index (χ3v) is 2.03. The number of fused-ring (bicyclic) bond motifs is 1. The first-order chi connectivity index (χ1) is 7.31. The van der Waals surface area contributed by atoms with Crippen molar-refractivity contribution in [3.63, 3.8) is 0 Å². The van der Waals surface area contributed by atoms with E-state index in [-0.39, 0.29) is 0 Å². The number of benzene rings is 1. The number of hydrogen-bond acceptors (Lipinski definition) is 4. The van der Waals surface area contributed by atoms with Crippen LogP contribution in [0.15, 0.2) is 28.7 Å². The second-order valence-corrected chi connectivity index (χ2v) is 3.11. The largest absolute Gasteiger partial charge is 0.422 e. The molecule has 76 valence electrons. The van der Waals surface area contributed by atoms with Crippen LogP contribution in [-0.4, -0.2) is 11.5 Å². The summed E-state index contributed by atoms with van der Waals surface area (Å²) in [5, 5.41) is 1.42. The van der Waals surface area contributed by atoms with E-state index in [1.54, 1.807) is 0 Å². The standard InChI is InChI=1S/C11H11N3O/c1-2-3-8-14(12)11-13-9-6-4-5-7-10(9)15-11/h1,4-7H,3,8,12H2. The van der Waals surface area contributed by atoms with E-state index >= 15 is 0 Å². The van der Waals surface area contributed by atoms with Gasteiger partial charge in [0.15, 0.2) is 5.58 Å². The van der Waals surface area contributed by atoms with Gasteiger partial charge < -0.3 is 4.42 Å². The fourth-order valence-corrected chi connectivity index (χ4v) is 1.26. The monoisotopic (exact) mass is 201 g/mol. The summed E-state index contributed by atoms with van der Waals surface area (Å²) in [6.07, 6.45) is 5.71. The zero-order valence-corrected chi connectivity index (χ0v) is 8.18. The highest BCUT2D eigenvalue weighted by molar-refractivity contribution is 5.74. The average Bonchev–Trinajstić information content (AvgIpc) is 2.69. The van der Waals surface area contributed by atoms with Gasteiger partial charge >= 0.3 is 6.01 Å². The molecular weight excluding hydrogens is 190 g/mol. The summed E-state index contributed by atoms with van der Waals surface area (Å²) in [7, 11) is 0. The van der Waals surface area contributed by atoms with Gasteiger partial charge in [-0.15, -0.1) is 12.3 Å². The molecule has 0 atom stereocenters. The zero-order chi connectivity index (χ0) is 10.7. The van der Waals surface area contributed by atoms with Gasteiger partial charge in [0.05, 0.1) is 0 Å². The highest BCUT2D eigenvalue weighted by Gasteiger charge is 2.09. The van der Waals surface area contributed by atoms with E-state index < -0.39 is 0 Å². The van der Waals surface area contributed by atoms with Crippen LogP contribution in [0.3, 0.4) is 0 Å². The van der Waals surface area contributed by atoms with Crippen molar-refractivity contribution in [2.45, 2.75) is 6.42 Å². The Bertz CT molecular complexity index is 465. The third-order valence-electron chi connectivity index (χ3n) is 2.03. The van der Waals surface area contributed by atoms with Crippen LogP contribution in [-0.2, 0) is 0 Å². The van der Waals surface area contributed by atoms with Crippen LogP contribution >= 0.6 is 0 Å². The molecule has 2 N–H and O–H groups in total. The van der Waals surface area contributed by atoms with E-state index in [0.29, 0.717) is 19.0 Å². The molecule has 4 nitrogen and oxygen atoms in total. The van der Waals surface area contributed by atoms with Gasteiger partial charge in [0, 0.05) is 13.0 Å². The van der Waals surface area contributed by atoms with Crippen LogP contribution in [0.1, 0.15) is 6.42 Å². The number of aromatic nitrogens is 1. The van der Waals surface area contributed by atoms with Crippen molar-refractivity contribution in [2.75, 3.05) is 11.6 Å². The number of hydrazine groups is 1. The molecule has 0 radical (unpaired) electrons. The smallest absolute Gasteiger partial charge is 0.313 e. The van der Waals surface area contributed by atoms with Gasteiger partial charge in [0.1, 0.15) is 5.52 Å². The minimum absolute atomic E-state index is 0.395. The van der Waals surface area contributed by atoms with Gasteiger partial charge in [0.2, 0.25) is 0 Å². The van der Waals surface area contributed by atoms with Crippen molar-refractivity contribution >= 4 is 17.1 Å². The zero-order valence-electron chi connectivity index (χ0n) is 8.18. The van der Waals surface area contributed by atoms with E-state index in [4.69, 9.17) is 16.7 Å². The molecule has 0 amide bonds. The van der Waals surface area contributed by atoms with Crippen LogP contribution < -0.4 is 10.9 Å². The van der Waals surface area contributed by atoms with Crippen LogP contribution in [0.25, 0.3) is 11.1 Å². The van der Waals surface area contributed by atoms with Crippen molar-refractivity contribution in [2.24, 2.45) is 5.84 Å². The molecular formula is C11H11N3O. The van der Waals surface area contributed by atoms with Crippen LogP contribution in [0.2, 0.25) is 0 Å². The van der Waals surface area contributed by atoms with Gasteiger partial charge in [0.25, 0.3) is 0 Å². The van der Waals surface area contributed by atoms with E-state index in [2.05, 4.69) is 10.9 Å². The molecule has 0 saturated heterocycles. The number of para-hydroxylation sites is 2. The van der Waals surface area contributed by atoms with Crippen molar-refractivity contribution in [1.29, 1.82) is 0 Å². The first kappa shape index (κ1) is 9.56. The molecule has 2 aromatic rings. The number of rotatable bonds is 3. The fraction of sp³-hybridized carbons (Fsp3) is 0.182. The van der Waals surface area contributed by atoms with Crippen molar-refractivity contribution in [3.05, 3.63) is 24.3 Å². The van der Waals surface area contributed by atoms with Crippen molar-refractivity contribution < 1.29 is 4.42 Å². The molecule has 0 bridgehead atoms. The highest BCUT2D eigenvalue weighted by Crippen LogP contribution is 2.19. The second-order valence-electron chi connectivity index (χ2n) is 3.11. The first-order valence-corrected chi connectivity index (χ1v) is 4.62. The van der Waals surface area contributed by atoms with E-state index in [1.165, 1.54) is 5.01 Å². The maximum absolute atomic E-state index is 5.73. The lowest BCUT2D eigenvalue weighted by Crippen LogP contribution is -2.31. The summed E-state index contributed by atoms with van der Waals surface area (Å²) < 4.78 is 5.45. The number of oxazole rings is 1. The van der Waals surface area contributed by atoms with Gasteiger partial charge in [-0.1, -0.05) is 12.1 Å². The lowest BCUT2D eigenvalue weighted by molar-refractivity contribution is 0.573. The predicted molar refractivity (Wildman–Crippen MR) is 59.0 cm³/mol. The van der Waals surface area contributed by atoms with Gasteiger partial charge in [-0.2, -0.15) is 4.98 Å². The SMILES string of the molecule is C#CCCN(N)c1nc2ccccc2o1. The van der Waals surface area contributed by atoms with E-state index in [9.17, 15) is 0 Å². The summed E-state index contributed by atoms with van der Waals surface area (Å²) in [6, 6.07) is 7.90. The van der Waals surface area contributed by atoms with E-state index in [0.717, 1.165) is 11.1 Å². The molecule has 0 saturated carbocycles. The molecule has 15 heavy (non-hydrogen) atoms. The normalized spacial score (nSPS) is 10.1. The van der Waals surface area contributed by atoms with Crippen LogP contribution in [0.5, 0.6) is 0 Å². The molecule has 1 heterocycles. The molecule has 0 aliphatic rings. The summed E-state index contributed by atoms with van der Waals surface area (Å²) in [6.45, 7) is 0.531. The molecule has 0 aliphatic heterocycles. The molecule has 4 heteroatoms. The lowest BCUT2D eigenvalue weighted by Gasteiger charge is -2.10. The lowest BCUT2D eigenvalue weighted by atomic mass is 10.3. The van der Waals surface area contributed by atoms with Gasteiger partial charge in [-0.25, -0.2) is 5.84 Å². The molecule has 0 spiro atoms. The number of hydrogen-bond donors (Lipinski definition) is 1. The minimum Gasteiger partial charge on any atom is -0.422 e. The Morgan fingerprint density at radius 3 is 3.00 bits per heavy atom. The molecule has 0 fully saturated rings. The van der Waals surface area contributed by atoms with Gasteiger partial charge in [-0.3, -0.25) is 5.01 Å². The average molecular weight is 201 g/mol. The maximum atomic E-state index is 5.73. The summed E-state index contributed by atoms with van der Waals surface area (Å²) in [5.74, 6) is 8.24. The summed E-state index contributed by atoms with van der Waals surface area (Å²) in [5.41, 5.74) is 1.52. The van der Waals surface area contributed by atoms with Gasteiger partial charge in [-0.05, 0) is 12.1 Å². The molecule has 1 aromatic heterocycles. The minimum atomic E-state index is 0.395. The number of terminal acetylenes is 1. The Labute approximate surface area is 87.7 Å². The Morgan fingerprint density at radius 1 is 1.47 bits per heavy atom. The maximum Gasteiger partial charge on any atom is 0.313 e. The Morgan fingerprint density at radius 2 is 2.27 bits per heavy atom. The quantitative estimate of drug-likeness (QED) is 0.465. The third kappa shape index (κ3) is 1.92. The van der Waals surface area contributed by atoms with Crippen molar-refractivity contribution in [1.82, 2.24) is 4.98 Å². The first-order valence-electron chi connectivity index (χ1n) is 4.62. The molecule has 0 aliphatic carbocycles. The Hall–Kier alpha value is -1.99. The highest BCUT2D eigenvalue weighted by atomic mass is 16.4. The number of anilines is 1. The number of nitrogens with zero attached hydrogens (tertiary/aromatic N) is 2. The second kappa shape index (κ2) is 4.03. The fourth-order valence-electron chi connectivity index (χ4n) is 1.26. The van der Waals surface area contributed by atoms with Crippen LogP contribution in [0, 0.1) is 12.3 Å². The summed E-state index contributed by atoms with van der Waals surface area (Å²) >= 11 is 0. The predicted octanol–water partition coefficient (Wildman–Crippen LogP) is 1.53. The van der Waals surface area contributed by atoms with Crippen molar-refractivity contribution in [3.8, 4) is 12.3 Å². The Balaban J connectivity index is 2.25. The number of nitrogens with two attached hydrogens (primary N) is 1.